The van der Waals surface area contributed by atoms with Crippen LogP contribution in [0.25, 0.3) is 0 Å². The molecule has 0 saturated heterocycles. The van der Waals surface area contributed by atoms with Crippen molar-refractivity contribution in [1.82, 2.24) is 5.32 Å². The van der Waals surface area contributed by atoms with Crippen LogP contribution in [-0.2, 0) is 11.2 Å². The standard InChI is InChI=1S/C15H21N3O2/c1-15(2,3)20-14(19)18-13(10-17)8-11-6-4-5-7-12(11)9-16/h4-7,13H,8,10,17H2,1-3H3,(H,18,19). The van der Waals surface area contributed by atoms with Gasteiger partial charge in [-0.2, -0.15) is 5.26 Å². The minimum atomic E-state index is -0.548. The number of amides is 1. The van der Waals surface area contributed by atoms with E-state index in [1.165, 1.54) is 0 Å². The van der Waals surface area contributed by atoms with Gasteiger partial charge < -0.3 is 15.8 Å². The number of alkyl carbamates (subject to hydrolysis) is 1. The smallest absolute Gasteiger partial charge is 0.407 e. The number of carbonyl (C=O) groups excluding carboxylic acids is 1. The molecule has 1 unspecified atom stereocenters. The van der Waals surface area contributed by atoms with Gasteiger partial charge in [-0.05, 0) is 38.8 Å². The molecule has 1 atom stereocenters. The number of carbonyl (C=O) groups is 1. The number of rotatable bonds is 4. The average Bonchev–Trinajstić information content (AvgIpc) is 2.36. The predicted octanol–water partition coefficient (Wildman–Crippen LogP) is 1.95. The Morgan fingerprint density at radius 2 is 2.10 bits per heavy atom. The highest BCUT2D eigenvalue weighted by Gasteiger charge is 2.19. The van der Waals surface area contributed by atoms with Crippen molar-refractivity contribution < 1.29 is 9.53 Å². The van der Waals surface area contributed by atoms with E-state index in [0.717, 1.165) is 5.56 Å². The molecule has 0 spiro atoms. The Morgan fingerprint density at radius 3 is 2.65 bits per heavy atom. The second kappa shape index (κ2) is 6.92. The molecule has 5 nitrogen and oxygen atoms in total. The molecule has 20 heavy (non-hydrogen) atoms. The van der Waals surface area contributed by atoms with Crippen molar-refractivity contribution in [2.45, 2.75) is 38.8 Å². The Bertz CT molecular complexity index is 501. The quantitative estimate of drug-likeness (QED) is 0.879. The number of nitrogens with two attached hydrogens (primary N) is 1. The highest BCUT2D eigenvalue weighted by molar-refractivity contribution is 5.68. The Hall–Kier alpha value is -2.06. The van der Waals surface area contributed by atoms with Crippen molar-refractivity contribution in [3.05, 3.63) is 35.4 Å². The SMILES string of the molecule is CC(C)(C)OC(=O)NC(CN)Cc1ccccc1C#N. The van der Waals surface area contributed by atoms with Gasteiger partial charge in [0.05, 0.1) is 11.6 Å². The maximum absolute atomic E-state index is 11.7. The summed E-state index contributed by atoms with van der Waals surface area (Å²) < 4.78 is 5.19. The first-order valence-corrected chi connectivity index (χ1v) is 6.53. The molecule has 1 rings (SSSR count). The summed E-state index contributed by atoms with van der Waals surface area (Å²) in [6.45, 7) is 5.68. The van der Waals surface area contributed by atoms with Gasteiger partial charge >= 0.3 is 6.09 Å². The van der Waals surface area contributed by atoms with Crippen LogP contribution in [0.2, 0.25) is 0 Å². The highest BCUT2D eigenvalue weighted by atomic mass is 16.6. The molecule has 0 aromatic heterocycles. The molecule has 0 aliphatic heterocycles. The summed E-state index contributed by atoms with van der Waals surface area (Å²) >= 11 is 0. The molecule has 5 heteroatoms. The second-order valence-corrected chi connectivity index (χ2v) is 5.55. The molecule has 0 fully saturated rings. The summed E-state index contributed by atoms with van der Waals surface area (Å²) in [7, 11) is 0. The number of nitrogens with one attached hydrogen (secondary N) is 1. The first-order chi connectivity index (χ1) is 9.35. The summed E-state index contributed by atoms with van der Waals surface area (Å²) in [5.41, 5.74) is 6.58. The zero-order valence-electron chi connectivity index (χ0n) is 12.1. The molecule has 0 heterocycles. The van der Waals surface area contributed by atoms with Crippen LogP contribution in [0, 0.1) is 11.3 Å². The zero-order valence-corrected chi connectivity index (χ0v) is 12.1. The topological polar surface area (TPSA) is 88.1 Å². The number of nitriles is 1. The molecular formula is C15H21N3O2. The number of nitrogens with zero attached hydrogens (tertiary/aromatic N) is 1. The van der Waals surface area contributed by atoms with Crippen molar-refractivity contribution >= 4 is 6.09 Å². The summed E-state index contributed by atoms with van der Waals surface area (Å²) in [4.78, 5) is 11.7. The number of hydrogen-bond donors (Lipinski definition) is 2. The van der Waals surface area contributed by atoms with Crippen molar-refractivity contribution in [3.63, 3.8) is 0 Å². The van der Waals surface area contributed by atoms with Crippen molar-refractivity contribution in [1.29, 1.82) is 5.26 Å². The summed E-state index contributed by atoms with van der Waals surface area (Å²) in [5.74, 6) is 0. The number of benzene rings is 1. The lowest BCUT2D eigenvalue weighted by Gasteiger charge is -2.23. The fourth-order valence-electron chi connectivity index (χ4n) is 1.74. The Kier molecular flexibility index (Phi) is 5.53. The molecule has 0 radical (unpaired) electrons. The normalized spacial score (nSPS) is 12.3. The lowest BCUT2D eigenvalue weighted by atomic mass is 10.0. The zero-order chi connectivity index (χ0) is 15.2. The fraction of sp³-hybridized carbons (Fsp3) is 0.467. The molecule has 1 aromatic carbocycles. The summed E-state index contributed by atoms with van der Waals surface area (Å²) in [5, 5.41) is 11.8. The van der Waals surface area contributed by atoms with E-state index < -0.39 is 11.7 Å². The minimum Gasteiger partial charge on any atom is -0.444 e. The van der Waals surface area contributed by atoms with Crippen molar-refractivity contribution in [2.75, 3.05) is 6.54 Å². The number of hydrogen-bond acceptors (Lipinski definition) is 4. The van der Waals surface area contributed by atoms with Gasteiger partial charge in [0.2, 0.25) is 0 Å². The maximum atomic E-state index is 11.7. The third-order valence-corrected chi connectivity index (χ3v) is 2.61. The van der Waals surface area contributed by atoms with E-state index in [1.807, 2.05) is 12.1 Å². The molecule has 3 N–H and O–H groups in total. The fourth-order valence-corrected chi connectivity index (χ4v) is 1.74. The van der Waals surface area contributed by atoms with Gasteiger partial charge in [-0.25, -0.2) is 4.79 Å². The van der Waals surface area contributed by atoms with E-state index in [-0.39, 0.29) is 12.6 Å². The Labute approximate surface area is 119 Å². The second-order valence-electron chi connectivity index (χ2n) is 5.55. The van der Waals surface area contributed by atoms with E-state index in [0.29, 0.717) is 12.0 Å². The first kappa shape index (κ1) is 16.0. The van der Waals surface area contributed by atoms with Gasteiger partial charge in [0.25, 0.3) is 0 Å². The Balaban J connectivity index is 2.69. The van der Waals surface area contributed by atoms with Crippen LogP contribution in [0.3, 0.4) is 0 Å². The van der Waals surface area contributed by atoms with Crippen LogP contribution in [-0.4, -0.2) is 24.3 Å². The van der Waals surface area contributed by atoms with Gasteiger partial charge in [-0.15, -0.1) is 0 Å². The third kappa shape index (κ3) is 5.29. The molecule has 1 amide bonds. The van der Waals surface area contributed by atoms with Crippen molar-refractivity contribution in [3.8, 4) is 6.07 Å². The molecule has 0 aliphatic rings. The van der Waals surface area contributed by atoms with Gasteiger partial charge in [0, 0.05) is 12.6 Å². The molecule has 0 bridgehead atoms. The van der Waals surface area contributed by atoms with Gasteiger partial charge in [-0.3, -0.25) is 0 Å². The van der Waals surface area contributed by atoms with E-state index in [4.69, 9.17) is 15.7 Å². The van der Waals surface area contributed by atoms with E-state index in [2.05, 4.69) is 11.4 Å². The minimum absolute atomic E-state index is 0.264. The highest BCUT2D eigenvalue weighted by Crippen LogP contribution is 2.11. The lowest BCUT2D eigenvalue weighted by molar-refractivity contribution is 0.0506. The molecule has 108 valence electrons. The monoisotopic (exact) mass is 275 g/mol. The van der Waals surface area contributed by atoms with Crippen LogP contribution in [0.15, 0.2) is 24.3 Å². The third-order valence-electron chi connectivity index (χ3n) is 2.61. The van der Waals surface area contributed by atoms with Crippen LogP contribution in [0.5, 0.6) is 0 Å². The molecular weight excluding hydrogens is 254 g/mol. The number of ether oxygens (including phenoxy) is 1. The van der Waals surface area contributed by atoms with Crippen LogP contribution in [0.1, 0.15) is 31.9 Å². The lowest BCUT2D eigenvalue weighted by Crippen LogP contribution is -2.44. The van der Waals surface area contributed by atoms with E-state index in [1.54, 1.807) is 32.9 Å². The predicted molar refractivity (Wildman–Crippen MR) is 77.1 cm³/mol. The van der Waals surface area contributed by atoms with Crippen LogP contribution >= 0.6 is 0 Å². The summed E-state index contributed by atoms with van der Waals surface area (Å²) in [6.07, 6.45) is 0.00169. The first-order valence-electron chi connectivity index (χ1n) is 6.53. The van der Waals surface area contributed by atoms with Crippen LogP contribution in [0.4, 0.5) is 4.79 Å². The maximum Gasteiger partial charge on any atom is 0.407 e. The Morgan fingerprint density at radius 1 is 1.45 bits per heavy atom. The van der Waals surface area contributed by atoms with Gasteiger partial charge in [0.1, 0.15) is 5.60 Å². The van der Waals surface area contributed by atoms with Gasteiger partial charge in [0.15, 0.2) is 0 Å². The molecule has 0 saturated carbocycles. The summed E-state index contributed by atoms with van der Waals surface area (Å²) in [6, 6.07) is 9.14. The van der Waals surface area contributed by atoms with E-state index >= 15 is 0 Å². The van der Waals surface area contributed by atoms with Crippen molar-refractivity contribution in [2.24, 2.45) is 5.73 Å². The van der Waals surface area contributed by atoms with Gasteiger partial charge in [-0.1, -0.05) is 18.2 Å². The van der Waals surface area contributed by atoms with Crippen LogP contribution < -0.4 is 11.1 Å². The average molecular weight is 275 g/mol. The molecule has 1 aromatic rings. The van der Waals surface area contributed by atoms with E-state index in [9.17, 15) is 4.79 Å². The molecule has 0 aliphatic carbocycles. The largest absolute Gasteiger partial charge is 0.444 e.